The zero-order valence-corrected chi connectivity index (χ0v) is 13.7. The molecule has 0 aliphatic heterocycles. The van der Waals surface area contributed by atoms with Gasteiger partial charge in [0.15, 0.2) is 0 Å². The van der Waals surface area contributed by atoms with Gasteiger partial charge in [0.25, 0.3) is 0 Å². The molecule has 3 rings (SSSR count). The largest absolute Gasteiger partial charge is 0.468 e. The number of rotatable bonds is 7. The van der Waals surface area contributed by atoms with Crippen LogP contribution in [0.4, 0.5) is 0 Å². The number of carbonyl (C=O) groups is 1. The van der Waals surface area contributed by atoms with Crippen molar-refractivity contribution in [2.75, 3.05) is 12.9 Å². The molecular formula is C16H20ClNO2S. The highest BCUT2D eigenvalue weighted by atomic mass is 35.5. The second kappa shape index (κ2) is 6.19. The fourth-order valence-corrected chi connectivity index (χ4v) is 4.14. The minimum absolute atomic E-state index is 0.119. The fraction of sp³-hybridized carbons (Fsp3) is 0.562. The molecule has 114 valence electrons. The highest BCUT2D eigenvalue weighted by Crippen LogP contribution is 2.44. The van der Waals surface area contributed by atoms with Crippen LogP contribution < -0.4 is 5.32 Å². The highest BCUT2D eigenvalue weighted by Gasteiger charge is 2.53. The van der Waals surface area contributed by atoms with Gasteiger partial charge in [0.1, 0.15) is 5.54 Å². The number of benzene rings is 1. The molecule has 0 amide bonds. The Morgan fingerprint density at radius 2 is 2.19 bits per heavy atom. The molecule has 0 spiro atoms. The molecule has 0 saturated heterocycles. The number of hydrogen-bond acceptors (Lipinski definition) is 4. The SMILES string of the molecule is COC(=O)C(CSc1cccc(Cl)c1)(NC1CC1)C1CC1. The van der Waals surface area contributed by atoms with Crippen molar-refractivity contribution < 1.29 is 9.53 Å². The molecule has 2 aliphatic carbocycles. The van der Waals surface area contributed by atoms with E-state index in [0.717, 1.165) is 35.6 Å². The van der Waals surface area contributed by atoms with Crippen molar-refractivity contribution in [2.45, 2.75) is 42.2 Å². The summed E-state index contributed by atoms with van der Waals surface area (Å²) in [6, 6.07) is 8.25. The average molecular weight is 326 g/mol. The molecule has 1 N–H and O–H groups in total. The average Bonchev–Trinajstić information content (AvgIpc) is 3.36. The molecule has 0 bridgehead atoms. The maximum absolute atomic E-state index is 12.4. The van der Waals surface area contributed by atoms with Gasteiger partial charge in [-0.15, -0.1) is 11.8 Å². The number of esters is 1. The Morgan fingerprint density at radius 1 is 1.43 bits per heavy atom. The van der Waals surface area contributed by atoms with Crippen LogP contribution in [0.3, 0.4) is 0 Å². The topological polar surface area (TPSA) is 38.3 Å². The van der Waals surface area contributed by atoms with Gasteiger partial charge in [0, 0.05) is 21.7 Å². The van der Waals surface area contributed by atoms with Gasteiger partial charge in [-0.25, -0.2) is 0 Å². The molecule has 3 nitrogen and oxygen atoms in total. The molecule has 0 aromatic heterocycles. The Bertz CT molecular complexity index is 531. The summed E-state index contributed by atoms with van der Waals surface area (Å²) < 4.78 is 5.12. The van der Waals surface area contributed by atoms with Crippen LogP contribution in [0, 0.1) is 5.92 Å². The molecule has 1 aromatic rings. The molecule has 1 atom stereocenters. The molecule has 5 heteroatoms. The lowest BCUT2D eigenvalue weighted by Crippen LogP contribution is -2.57. The first-order chi connectivity index (χ1) is 10.1. The zero-order valence-electron chi connectivity index (χ0n) is 12.1. The van der Waals surface area contributed by atoms with Gasteiger partial charge in [-0.2, -0.15) is 0 Å². The second-order valence-electron chi connectivity index (χ2n) is 5.90. The smallest absolute Gasteiger partial charge is 0.327 e. The summed E-state index contributed by atoms with van der Waals surface area (Å²) in [5.74, 6) is 0.977. The van der Waals surface area contributed by atoms with E-state index >= 15 is 0 Å². The molecule has 0 radical (unpaired) electrons. The number of ether oxygens (including phenoxy) is 1. The first-order valence-corrected chi connectivity index (χ1v) is 8.75. The van der Waals surface area contributed by atoms with Crippen LogP contribution in [-0.4, -0.2) is 30.4 Å². The van der Waals surface area contributed by atoms with E-state index in [1.807, 2.05) is 24.3 Å². The van der Waals surface area contributed by atoms with Crippen molar-refractivity contribution in [1.29, 1.82) is 0 Å². The summed E-state index contributed by atoms with van der Waals surface area (Å²) in [5, 5.41) is 4.30. The fourth-order valence-electron chi connectivity index (χ4n) is 2.67. The minimum atomic E-state index is -0.539. The second-order valence-corrected chi connectivity index (χ2v) is 7.39. The standard InChI is InChI=1S/C16H20ClNO2S/c1-20-15(19)16(11-5-6-11,18-13-7-8-13)10-21-14-4-2-3-12(17)9-14/h2-4,9,11,13,18H,5-8,10H2,1H3. The van der Waals surface area contributed by atoms with Crippen molar-refractivity contribution in [3.8, 4) is 0 Å². The first kappa shape index (κ1) is 15.2. The number of methoxy groups -OCH3 is 1. The van der Waals surface area contributed by atoms with Crippen molar-refractivity contribution in [2.24, 2.45) is 5.92 Å². The van der Waals surface area contributed by atoms with E-state index in [2.05, 4.69) is 5.32 Å². The van der Waals surface area contributed by atoms with E-state index in [4.69, 9.17) is 16.3 Å². The monoisotopic (exact) mass is 325 g/mol. The summed E-state index contributed by atoms with van der Waals surface area (Å²) in [6.07, 6.45) is 4.52. The quantitative estimate of drug-likeness (QED) is 0.615. The zero-order chi connectivity index (χ0) is 14.9. The normalized spacial score (nSPS) is 20.9. The van der Waals surface area contributed by atoms with Gasteiger partial charge < -0.3 is 4.74 Å². The molecule has 2 saturated carbocycles. The van der Waals surface area contributed by atoms with Gasteiger partial charge in [0.05, 0.1) is 7.11 Å². The Kier molecular flexibility index (Phi) is 4.48. The van der Waals surface area contributed by atoms with E-state index in [1.54, 1.807) is 11.8 Å². The van der Waals surface area contributed by atoms with Gasteiger partial charge >= 0.3 is 5.97 Å². The van der Waals surface area contributed by atoms with E-state index < -0.39 is 5.54 Å². The van der Waals surface area contributed by atoms with Gasteiger partial charge in [-0.3, -0.25) is 10.1 Å². The summed E-state index contributed by atoms with van der Waals surface area (Å²) >= 11 is 7.71. The maximum Gasteiger partial charge on any atom is 0.327 e. The van der Waals surface area contributed by atoms with Gasteiger partial charge in [-0.1, -0.05) is 17.7 Å². The van der Waals surface area contributed by atoms with Crippen molar-refractivity contribution in [3.63, 3.8) is 0 Å². The Morgan fingerprint density at radius 3 is 2.76 bits per heavy atom. The summed E-state index contributed by atoms with van der Waals surface area (Å²) in [5.41, 5.74) is -0.539. The number of halogens is 1. The van der Waals surface area contributed by atoms with Crippen molar-refractivity contribution >= 4 is 29.3 Å². The summed E-state index contributed by atoms with van der Waals surface area (Å²) in [7, 11) is 1.48. The third-order valence-electron chi connectivity index (χ3n) is 4.13. The van der Waals surface area contributed by atoms with Crippen LogP contribution >= 0.6 is 23.4 Å². The number of nitrogens with one attached hydrogen (secondary N) is 1. The number of carbonyl (C=O) groups excluding carboxylic acids is 1. The van der Waals surface area contributed by atoms with Crippen LogP contribution in [0.2, 0.25) is 5.02 Å². The lowest BCUT2D eigenvalue weighted by molar-refractivity contribution is -0.148. The first-order valence-electron chi connectivity index (χ1n) is 7.38. The molecule has 0 heterocycles. The van der Waals surface area contributed by atoms with Crippen LogP contribution in [-0.2, 0) is 9.53 Å². The third kappa shape index (κ3) is 3.55. The van der Waals surface area contributed by atoms with E-state index in [-0.39, 0.29) is 5.97 Å². The van der Waals surface area contributed by atoms with Crippen LogP contribution in [0.15, 0.2) is 29.2 Å². The van der Waals surface area contributed by atoms with Crippen molar-refractivity contribution in [3.05, 3.63) is 29.3 Å². The number of thioether (sulfide) groups is 1. The molecule has 1 unspecified atom stereocenters. The highest BCUT2D eigenvalue weighted by molar-refractivity contribution is 7.99. The van der Waals surface area contributed by atoms with E-state index in [1.165, 1.54) is 7.11 Å². The summed E-state index contributed by atoms with van der Waals surface area (Å²) in [4.78, 5) is 13.5. The Balaban J connectivity index is 1.75. The lowest BCUT2D eigenvalue weighted by Gasteiger charge is -2.32. The van der Waals surface area contributed by atoms with Crippen LogP contribution in [0.25, 0.3) is 0 Å². The van der Waals surface area contributed by atoms with Crippen molar-refractivity contribution in [1.82, 2.24) is 5.32 Å². The maximum atomic E-state index is 12.4. The lowest BCUT2D eigenvalue weighted by atomic mass is 9.95. The predicted octanol–water partition coefficient (Wildman–Crippen LogP) is 3.51. The molecule has 2 aliphatic rings. The minimum Gasteiger partial charge on any atom is -0.468 e. The molecule has 2 fully saturated rings. The molecule has 1 aromatic carbocycles. The van der Waals surface area contributed by atoms with Crippen LogP contribution in [0.1, 0.15) is 25.7 Å². The van der Waals surface area contributed by atoms with Gasteiger partial charge in [0.2, 0.25) is 0 Å². The predicted molar refractivity (Wildman–Crippen MR) is 85.8 cm³/mol. The summed E-state index contributed by atoms with van der Waals surface area (Å²) in [6.45, 7) is 0. The molecular weight excluding hydrogens is 306 g/mol. The Hall–Kier alpha value is -0.710. The number of hydrogen-bond donors (Lipinski definition) is 1. The van der Waals surface area contributed by atoms with E-state index in [9.17, 15) is 4.79 Å². The van der Waals surface area contributed by atoms with Gasteiger partial charge in [-0.05, 0) is 49.8 Å². The Labute approximate surface area is 134 Å². The third-order valence-corrected chi connectivity index (χ3v) is 5.55. The molecule has 21 heavy (non-hydrogen) atoms. The van der Waals surface area contributed by atoms with E-state index in [0.29, 0.717) is 17.7 Å². The van der Waals surface area contributed by atoms with Crippen LogP contribution in [0.5, 0.6) is 0 Å².